The van der Waals surface area contributed by atoms with E-state index in [1.807, 2.05) is 30.3 Å². The second-order valence-electron chi connectivity index (χ2n) is 5.76. The van der Waals surface area contributed by atoms with Gasteiger partial charge in [-0.25, -0.2) is 4.39 Å². The van der Waals surface area contributed by atoms with E-state index in [-0.39, 0.29) is 18.5 Å². The van der Waals surface area contributed by atoms with E-state index in [1.54, 1.807) is 36.4 Å². The first kappa shape index (κ1) is 18.4. The number of hydrogen-bond donors (Lipinski definition) is 1. The Labute approximate surface area is 157 Å². The van der Waals surface area contributed by atoms with Crippen LogP contribution in [0.1, 0.15) is 17.2 Å². The van der Waals surface area contributed by atoms with E-state index in [0.717, 1.165) is 5.56 Å². The van der Waals surface area contributed by atoms with Gasteiger partial charge in [0.25, 0.3) is 0 Å². The van der Waals surface area contributed by atoms with Gasteiger partial charge in [-0.05, 0) is 35.9 Å². The molecule has 134 valence electrons. The van der Waals surface area contributed by atoms with Gasteiger partial charge in [0.2, 0.25) is 0 Å². The first-order valence-corrected chi connectivity index (χ1v) is 8.62. The lowest BCUT2D eigenvalue weighted by atomic mass is 10.1. The fourth-order valence-corrected chi connectivity index (χ4v) is 2.63. The molecule has 3 rings (SSSR count). The van der Waals surface area contributed by atoms with Crippen molar-refractivity contribution in [3.05, 3.63) is 94.8 Å². The van der Waals surface area contributed by atoms with Crippen LogP contribution in [0.15, 0.2) is 72.8 Å². The van der Waals surface area contributed by atoms with Crippen molar-refractivity contribution in [2.45, 2.75) is 12.7 Å². The topological polar surface area (TPSA) is 44.5 Å². The molecule has 0 aliphatic rings. The molecule has 0 spiro atoms. The minimum atomic E-state index is -0.389. The van der Waals surface area contributed by atoms with Gasteiger partial charge < -0.3 is 15.2 Å². The van der Waals surface area contributed by atoms with Gasteiger partial charge in [0.05, 0.1) is 12.7 Å². The Bertz CT molecular complexity index is 840. The Morgan fingerprint density at radius 3 is 2.27 bits per heavy atom. The number of halogens is 2. The van der Waals surface area contributed by atoms with Crippen LogP contribution in [0.2, 0.25) is 5.02 Å². The molecule has 0 aliphatic carbocycles. The molecule has 3 nitrogen and oxygen atoms in total. The van der Waals surface area contributed by atoms with Crippen molar-refractivity contribution in [2.24, 2.45) is 5.73 Å². The van der Waals surface area contributed by atoms with E-state index in [2.05, 4.69) is 0 Å². The van der Waals surface area contributed by atoms with Crippen LogP contribution in [0.4, 0.5) is 4.39 Å². The zero-order chi connectivity index (χ0) is 18.4. The molecule has 5 heteroatoms. The molecule has 0 saturated heterocycles. The molecule has 3 aromatic rings. The highest BCUT2D eigenvalue weighted by molar-refractivity contribution is 6.30. The van der Waals surface area contributed by atoms with Crippen LogP contribution in [0.3, 0.4) is 0 Å². The Kier molecular flexibility index (Phi) is 6.23. The summed E-state index contributed by atoms with van der Waals surface area (Å²) in [5.74, 6) is 0.609. The smallest absolute Gasteiger partial charge is 0.132 e. The molecule has 0 heterocycles. The Morgan fingerprint density at radius 1 is 0.923 bits per heavy atom. The van der Waals surface area contributed by atoms with Gasteiger partial charge in [-0.1, -0.05) is 48.0 Å². The molecule has 0 aromatic heterocycles. The summed E-state index contributed by atoms with van der Waals surface area (Å²) >= 11 is 5.84. The SMILES string of the molecule is NC[C@H](OCc1ccc(Oc2ccc(Cl)cc2)cc1F)c1ccccc1. The van der Waals surface area contributed by atoms with E-state index in [0.29, 0.717) is 28.6 Å². The molecular weight excluding hydrogens is 353 g/mol. The zero-order valence-electron chi connectivity index (χ0n) is 14.1. The number of hydrogen-bond acceptors (Lipinski definition) is 3. The quantitative estimate of drug-likeness (QED) is 0.597. The molecule has 0 bridgehead atoms. The molecule has 0 saturated carbocycles. The average Bonchev–Trinajstić information content (AvgIpc) is 2.66. The number of ether oxygens (including phenoxy) is 2. The summed E-state index contributed by atoms with van der Waals surface area (Å²) in [6, 6.07) is 21.2. The molecule has 3 aromatic carbocycles. The maximum Gasteiger partial charge on any atom is 0.132 e. The third-order valence-electron chi connectivity index (χ3n) is 3.90. The van der Waals surface area contributed by atoms with E-state index in [4.69, 9.17) is 26.8 Å². The van der Waals surface area contributed by atoms with E-state index >= 15 is 0 Å². The normalized spacial score (nSPS) is 12.0. The van der Waals surface area contributed by atoms with Gasteiger partial charge >= 0.3 is 0 Å². The molecule has 0 amide bonds. The summed E-state index contributed by atoms with van der Waals surface area (Å²) in [5, 5.41) is 0.615. The van der Waals surface area contributed by atoms with Crippen molar-refractivity contribution < 1.29 is 13.9 Å². The molecule has 2 N–H and O–H groups in total. The van der Waals surface area contributed by atoms with Crippen molar-refractivity contribution in [3.8, 4) is 11.5 Å². The first-order chi connectivity index (χ1) is 12.7. The maximum atomic E-state index is 14.4. The molecule has 0 aliphatic heterocycles. The fourth-order valence-electron chi connectivity index (χ4n) is 2.51. The van der Waals surface area contributed by atoms with Crippen LogP contribution < -0.4 is 10.5 Å². The van der Waals surface area contributed by atoms with E-state index in [9.17, 15) is 4.39 Å². The predicted molar refractivity (Wildman–Crippen MR) is 101 cm³/mol. The Balaban J connectivity index is 1.64. The summed E-state index contributed by atoms with van der Waals surface area (Å²) in [7, 11) is 0. The van der Waals surface area contributed by atoms with E-state index in [1.165, 1.54) is 6.07 Å². The predicted octanol–water partition coefficient (Wildman–Crippen LogP) is 5.49. The van der Waals surface area contributed by atoms with Crippen LogP contribution >= 0.6 is 11.6 Å². The molecule has 0 fully saturated rings. The van der Waals surface area contributed by atoms with Gasteiger partial charge in [0.1, 0.15) is 17.3 Å². The lowest BCUT2D eigenvalue weighted by Gasteiger charge is -2.17. The van der Waals surface area contributed by atoms with E-state index < -0.39 is 0 Å². The van der Waals surface area contributed by atoms with Gasteiger partial charge in [-0.3, -0.25) is 0 Å². The van der Waals surface area contributed by atoms with Crippen LogP contribution in [0.25, 0.3) is 0 Å². The Morgan fingerprint density at radius 2 is 1.62 bits per heavy atom. The van der Waals surface area contributed by atoms with Crippen molar-refractivity contribution in [2.75, 3.05) is 6.54 Å². The summed E-state index contributed by atoms with van der Waals surface area (Å²) in [6.45, 7) is 0.452. The summed E-state index contributed by atoms with van der Waals surface area (Å²) < 4.78 is 25.8. The summed E-state index contributed by atoms with van der Waals surface area (Å²) in [5.41, 5.74) is 7.20. The maximum absolute atomic E-state index is 14.4. The van der Waals surface area contributed by atoms with Crippen LogP contribution in [-0.4, -0.2) is 6.54 Å². The zero-order valence-corrected chi connectivity index (χ0v) is 14.8. The second-order valence-corrected chi connectivity index (χ2v) is 6.19. The number of benzene rings is 3. The minimum Gasteiger partial charge on any atom is -0.457 e. The molecular formula is C21H19ClFNO2. The highest BCUT2D eigenvalue weighted by Crippen LogP contribution is 2.26. The van der Waals surface area contributed by atoms with Crippen molar-refractivity contribution in [1.29, 1.82) is 0 Å². The first-order valence-electron chi connectivity index (χ1n) is 8.24. The van der Waals surface area contributed by atoms with Gasteiger partial charge in [-0.2, -0.15) is 0 Å². The lowest BCUT2D eigenvalue weighted by molar-refractivity contribution is 0.0440. The van der Waals surface area contributed by atoms with Crippen LogP contribution in [0.5, 0.6) is 11.5 Å². The molecule has 26 heavy (non-hydrogen) atoms. The third-order valence-corrected chi connectivity index (χ3v) is 4.15. The third kappa shape index (κ3) is 4.82. The average molecular weight is 372 g/mol. The van der Waals surface area contributed by atoms with Gasteiger partial charge in [0.15, 0.2) is 0 Å². The molecule has 0 radical (unpaired) electrons. The fraction of sp³-hybridized carbons (Fsp3) is 0.143. The summed E-state index contributed by atoms with van der Waals surface area (Å²) in [6.07, 6.45) is -0.277. The van der Waals surface area contributed by atoms with Crippen molar-refractivity contribution in [1.82, 2.24) is 0 Å². The highest BCUT2D eigenvalue weighted by atomic mass is 35.5. The largest absolute Gasteiger partial charge is 0.457 e. The van der Waals surface area contributed by atoms with Crippen molar-refractivity contribution >= 4 is 11.6 Å². The number of rotatable bonds is 7. The number of nitrogens with two attached hydrogens (primary N) is 1. The van der Waals surface area contributed by atoms with Crippen molar-refractivity contribution in [3.63, 3.8) is 0 Å². The second kappa shape index (κ2) is 8.81. The Hall–Kier alpha value is -2.40. The standard InChI is InChI=1S/C21H19ClFNO2/c22-17-7-10-18(11-8-17)26-19-9-6-16(20(23)12-19)14-25-21(13-24)15-4-2-1-3-5-15/h1-12,21H,13-14,24H2/t21-/m0/s1. The minimum absolute atomic E-state index is 0.129. The van der Waals surface area contributed by atoms with Crippen LogP contribution in [0, 0.1) is 5.82 Å². The molecule has 1 atom stereocenters. The van der Waals surface area contributed by atoms with Gasteiger partial charge in [-0.15, -0.1) is 0 Å². The lowest BCUT2D eigenvalue weighted by Crippen LogP contribution is -2.16. The van der Waals surface area contributed by atoms with Crippen LogP contribution in [-0.2, 0) is 11.3 Å². The monoisotopic (exact) mass is 371 g/mol. The highest BCUT2D eigenvalue weighted by Gasteiger charge is 2.12. The molecule has 0 unspecified atom stereocenters. The summed E-state index contributed by atoms with van der Waals surface area (Å²) in [4.78, 5) is 0. The van der Waals surface area contributed by atoms with Gasteiger partial charge in [0, 0.05) is 23.2 Å².